The molecule has 0 radical (unpaired) electrons. The number of nitrogens with one attached hydrogen (secondary N) is 2. The van der Waals surface area contributed by atoms with E-state index in [0.29, 0.717) is 31.0 Å². The highest BCUT2D eigenvalue weighted by atomic mass is 19.1. The third-order valence-electron chi connectivity index (χ3n) is 7.83. The van der Waals surface area contributed by atoms with Crippen molar-refractivity contribution < 1.29 is 27.3 Å². The summed E-state index contributed by atoms with van der Waals surface area (Å²) in [5.74, 6) is -4.38. The molecule has 0 unspecified atom stereocenters. The van der Waals surface area contributed by atoms with Crippen LogP contribution >= 0.6 is 0 Å². The Kier molecular flexibility index (Phi) is 6.62. The number of benzene rings is 1. The second-order valence-electron chi connectivity index (χ2n) is 10.8. The summed E-state index contributed by atoms with van der Waals surface area (Å²) in [4.78, 5) is 33.4. The van der Waals surface area contributed by atoms with E-state index in [0.717, 1.165) is 37.7 Å². The van der Waals surface area contributed by atoms with Crippen molar-refractivity contribution in [2.45, 2.75) is 43.7 Å². The van der Waals surface area contributed by atoms with Gasteiger partial charge in [-0.05, 0) is 50.2 Å². The fourth-order valence-electron chi connectivity index (χ4n) is 5.35. The quantitative estimate of drug-likeness (QED) is 0.452. The van der Waals surface area contributed by atoms with Gasteiger partial charge in [0, 0.05) is 50.1 Å². The molecule has 1 aliphatic heterocycles. The highest BCUT2D eigenvalue weighted by Crippen LogP contribution is 2.45. The van der Waals surface area contributed by atoms with Gasteiger partial charge in [-0.15, -0.1) is 0 Å². The van der Waals surface area contributed by atoms with Crippen molar-refractivity contribution in [1.29, 1.82) is 0 Å². The predicted octanol–water partition coefficient (Wildman–Crippen LogP) is 3.79. The average molecular weight is 540 g/mol. The van der Waals surface area contributed by atoms with Crippen LogP contribution in [0.25, 0.3) is 11.3 Å². The number of rotatable bonds is 8. The van der Waals surface area contributed by atoms with Crippen molar-refractivity contribution in [3.63, 3.8) is 0 Å². The van der Waals surface area contributed by atoms with Gasteiger partial charge in [0.2, 0.25) is 5.91 Å². The lowest BCUT2D eigenvalue weighted by Gasteiger charge is -2.38. The molecule has 0 bridgehead atoms. The fourth-order valence-corrected chi connectivity index (χ4v) is 5.35. The Morgan fingerprint density at radius 2 is 1.85 bits per heavy atom. The van der Waals surface area contributed by atoms with Crippen LogP contribution in [0.5, 0.6) is 0 Å². The van der Waals surface area contributed by atoms with Crippen LogP contribution in [0.1, 0.15) is 48.3 Å². The molecule has 6 rings (SSSR count). The van der Waals surface area contributed by atoms with Crippen LogP contribution in [0, 0.1) is 29.3 Å². The Labute approximate surface area is 223 Å². The molecule has 2 amide bonds. The van der Waals surface area contributed by atoms with Crippen LogP contribution in [0.2, 0.25) is 0 Å². The van der Waals surface area contributed by atoms with Gasteiger partial charge in [-0.1, -0.05) is 11.2 Å². The summed E-state index contributed by atoms with van der Waals surface area (Å²) in [5.41, 5.74) is -0.478. The summed E-state index contributed by atoms with van der Waals surface area (Å²) >= 11 is 0. The summed E-state index contributed by atoms with van der Waals surface area (Å²) in [6.07, 6.45) is 6.24. The number of amides is 2. The lowest BCUT2D eigenvalue weighted by atomic mass is 9.90. The monoisotopic (exact) mass is 539 g/mol. The molecule has 2 saturated carbocycles. The number of nitrogens with zero attached hydrogens (tertiary/aromatic N) is 3. The van der Waals surface area contributed by atoms with Crippen LogP contribution in [0.15, 0.2) is 47.1 Å². The third-order valence-corrected chi connectivity index (χ3v) is 7.83. The molecule has 8 nitrogen and oxygen atoms in total. The van der Waals surface area contributed by atoms with Gasteiger partial charge >= 0.3 is 0 Å². The first-order valence-electron chi connectivity index (χ1n) is 13.2. The van der Waals surface area contributed by atoms with E-state index in [1.54, 1.807) is 6.20 Å². The zero-order valence-electron chi connectivity index (χ0n) is 21.1. The summed E-state index contributed by atoms with van der Waals surface area (Å²) in [6, 6.07) is 7.30. The molecule has 2 aromatic heterocycles. The Morgan fingerprint density at radius 3 is 2.51 bits per heavy atom. The minimum Gasteiger partial charge on any atom is -0.355 e. The first kappa shape index (κ1) is 25.5. The standard InChI is InChI=1S/C28H28F3N5O3/c29-17-11-19(30)25(20(31)12-17)23-13-22(35-39-23)27(38)33-21-6-10-36(14-16-4-5-16)15-18(21)26(37)34-28(7-8-28)24-3-1-2-9-32-24/h1-3,9,11-13,16,18,21H,4-8,10,14-15H2,(H,33,38)(H,34,37)/t18-,21-/m1/s1. The lowest BCUT2D eigenvalue weighted by Crippen LogP contribution is -2.57. The number of hydrogen-bond donors (Lipinski definition) is 2. The molecule has 3 aliphatic rings. The maximum absolute atomic E-state index is 14.2. The molecule has 204 valence electrons. The predicted molar refractivity (Wildman–Crippen MR) is 134 cm³/mol. The topological polar surface area (TPSA) is 100 Å². The number of likely N-dealkylation sites (tertiary alicyclic amines) is 1. The summed E-state index contributed by atoms with van der Waals surface area (Å²) in [5, 5.41) is 9.76. The minimum atomic E-state index is -1.17. The Hall–Kier alpha value is -3.73. The summed E-state index contributed by atoms with van der Waals surface area (Å²) in [6.45, 7) is 2.16. The van der Waals surface area contributed by atoms with E-state index >= 15 is 0 Å². The summed E-state index contributed by atoms with van der Waals surface area (Å²) in [7, 11) is 0. The van der Waals surface area contributed by atoms with Crippen molar-refractivity contribution in [1.82, 2.24) is 25.7 Å². The highest BCUT2D eigenvalue weighted by molar-refractivity contribution is 5.94. The molecule has 39 heavy (non-hydrogen) atoms. The number of piperidine rings is 1. The van der Waals surface area contributed by atoms with E-state index < -0.39 is 46.4 Å². The normalized spacial score (nSPS) is 22.3. The van der Waals surface area contributed by atoms with Crippen LogP contribution in [0.3, 0.4) is 0 Å². The number of carbonyl (C=O) groups is 2. The fraction of sp³-hybridized carbons (Fsp3) is 0.429. The van der Waals surface area contributed by atoms with Crippen molar-refractivity contribution in [2.75, 3.05) is 19.6 Å². The van der Waals surface area contributed by atoms with E-state index in [1.165, 1.54) is 12.8 Å². The molecule has 2 N–H and O–H groups in total. The van der Waals surface area contributed by atoms with E-state index in [-0.39, 0.29) is 17.4 Å². The third kappa shape index (κ3) is 5.40. The van der Waals surface area contributed by atoms with Crippen molar-refractivity contribution in [2.24, 2.45) is 11.8 Å². The molecule has 2 atom stereocenters. The number of carbonyl (C=O) groups excluding carboxylic acids is 2. The molecule has 3 aromatic rings. The largest absolute Gasteiger partial charge is 0.355 e. The van der Waals surface area contributed by atoms with Crippen LogP contribution in [-0.2, 0) is 10.3 Å². The van der Waals surface area contributed by atoms with Gasteiger partial charge in [-0.25, -0.2) is 13.2 Å². The molecule has 1 saturated heterocycles. The first-order chi connectivity index (χ1) is 18.8. The highest BCUT2D eigenvalue weighted by Gasteiger charge is 2.49. The minimum absolute atomic E-state index is 0.153. The second-order valence-corrected chi connectivity index (χ2v) is 10.8. The zero-order valence-corrected chi connectivity index (χ0v) is 21.1. The van der Waals surface area contributed by atoms with Crippen LogP contribution in [-0.4, -0.2) is 52.5 Å². The molecule has 0 spiro atoms. The molecule has 2 aliphatic carbocycles. The van der Waals surface area contributed by atoms with E-state index in [9.17, 15) is 22.8 Å². The first-order valence-corrected chi connectivity index (χ1v) is 13.2. The van der Waals surface area contributed by atoms with E-state index in [2.05, 4.69) is 25.7 Å². The van der Waals surface area contributed by atoms with Gasteiger partial charge in [-0.2, -0.15) is 0 Å². The Bertz CT molecular complexity index is 1370. The Morgan fingerprint density at radius 1 is 1.08 bits per heavy atom. The maximum atomic E-state index is 14.2. The average Bonchev–Trinajstić information content (AvgIpc) is 3.84. The van der Waals surface area contributed by atoms with Gasteiger partial charge in [0.15, 0.2) is 11.5 Å². The molecule has 3 fully saturated rings. The Balaban J connectivity index is 1.18. The molecule has 3 heterocycles. The van der Waals surface area contributed by atoms with Crippen molar-refractivity contribution >= 4 is 11.8 Å². The van der Waals surface area contributed by atoms with Crippen molar-refractivity contribution in [3.05, 3.63) is 71.4 Å². The van der Waals surface area contributed by atoms with Crippen LogP contribution < -0.4 is 10.6 Å². The van der Waals surface area contributed by atoms with Crippen LogP contribution in [0.4, 0.5) is 13.2 Å². The van der Waals surface area contributed by atoms with Crippen molar-refractivity contribution in [3.8, 4) is 11.3 Å². The van der Waals surface area contributed by atoms with Gasteiger partial charge in [0.25, 0.3) is 5.91 Å². The second kappa shape index (κ2) is 10.1. The molecular formula is C28H28F3N5O3. The van der Waals surface area contributed by atoms with E-state index in [4.69, 9.17) is 4.52 Å². The number of aromatic nitrogens is 2. The van der Waals surface area contributed by atoms with Gasteiger partial charge < -0.3 is 20.1 Å². The number of pyridine rings is 1. The van der Waals surface area contributed by atoms with Gasteiger partial charge in [-0.3, -0.25) is 14.6 Å². The smallest absolute Gasteiger partial charge is 0.273 e. The zero-order chi connectivity index (χ0) is 27.1. The van der Waals surface area contributed by atoms with Gasteiger partial charge in [0.1, 0.15) is 17.5 Å². The SMILES string of the molecule is O=C(N[C@@H]1CCN(CC2CC2)C[C@H]1C(=O)NC1(c2ccccn2)CC1)c1cc(-c2c(F)cc(F)cc2F)on1. The maximum Gasteiger partial charge on any atom is 0.273 e. The number of halogens is 3. The molecular weight excluding hydrogens is 511 g/mol. The molecule has 1 aromatic carbocycles. The summed E-state index contributed by atoms with van der Waals surface area (Å²) < 4.78 is 46.7. The molecule has 11 heteroatoms. The van der Waals surface area contributed by atoms with Gasteiger partial charge in [0.05, 0.1) is 22.7 Å². The van der Waals surface area contributed by atoms with E-state index in [1.807, 2.05) is 18.2 Å². The lowest BCUT2D eigenvalue weighted by molar-refractivity contribution is -0.128. The number of hydrogen-bond acceptors (Lipinski definition) is 6.